The van der Waals surface area contributed by atoms with E-state index in [0.717, 1.165) is 16.9 Å². The van der Waals surface area contributed by atoms with Crippen molar-refractivity contribution in [2.45, 2.75) is 13.1 Å². The zero-order valence-corrected chi connectivity index (χ0v) is 15.1. The Morgan fingerprint density at radius 3 is 2.27 bits per heavy atom. The topological polar surface area (TPSA) is 85.1 Å². The van der Waals surface area contributed by atoms with Crippen LogP contribution >= 0.6 is 11.6 Å². The van der Waals surface area contributed by atoms with Gasteiger partial charge in [-0.05, 0) is 29.3 Å². The number of nitrogens with two attached hydrogens (primary N) is 1. The molecule has 0 bridgehead atoms. The van der Waals surface area contributed by atoms with Crippen LogP contribution in [0.3, 0.4) is 0 Å². The number of nitrogen functional groups attached to an aromatic ring is 1. The summed E-state index contributed by atoms with van der Waals surface area (Å²) in [6, 6.07) is 15.4. The molecular weight excluding hydrogens is 350 g/mol. The lowest BCUT2D eigenvalue weighted by atomic mass is 10.2. The highest BCUT2D eigenvalue weighted by Crippen LogP contribution is 2.24. The van der Waals surface area contributed by atoms with Gasteiger partial charge in [-0.25, -0.2) is 9.97 Å². The SMILES string of the molecule is COc1ccc(CNc2ncnc(NCc3ccccc3Cl)c2N)cc1. The molecule has 134 valence electrons. The fourth-order valence-electron chi connectivity index (χ4n) is 2.43. The molecule has 0 spiro atoms. The van der Waals surface area contributed by atoms with Gasteiger partial charge in [-0.1, -0.05) is 41.9 Å². The minimum atomic E-state index is 0.466. The number of hydrogen-bond donors (Lipinski definition) is 3. The van der Waals surface area contributed by atoms with E-state index in [1.807, 2.05) is 48.5 Å². The van der Waals surface area contributed by atoms with Crippen molar-refractivity contribution in [1.82, 2.24) is 9.97 Å². The summed E-state index contributed by atoms with van der Waals surface area (Å²) in [5.41, 5.74) is 8.72. The molecule has 7 heteroatoms. The number of methoxy groups -OCH3 is 1. The highest BCUT2D eigenvalue weighted by atomic mass is 35.5. The molecule has 0 unspecified atom stereocenters. The van der Waals surface area contributed by atoms with Crippen molar-refractivity contribution in [3.05, 3.63) is 71.0 Å². The van der Waals surface area contributed by atoms with Gasteiger partial charge in [0.05, 0.1) is 7.11 Å². The predicted octanol–water partition coefficient (Wildman–Crippen LogP) is 3.95. The third-order valence-electron chi connectivity index (χ3n) is 3.91. The zero-order chi connectivity index (χ0) is 18.4. The monoisotopic (exact) mass is 369 g/mol. The molecule has 0 saturated carbocycles. The summed E-state index contributed by atoms with van der Waals surface area (Å²) in [5.74, 6) is 1.97. The van der Waals surface area contributed by atoms with Gasteiger partial charge in [-0.3, -0.25) is 0 Å². The van der Waals surface area contributed by atoms with Gasteiger partial charge in [0.2, 0.25) is 0 Å². The Balaban J connectivity index is 1.65. The Bertz CT molecular complexity index is 870. The van der Waals surface area contributed by atoms with E-state index in [9.17, 15) is 0 Å². The van der Waals surface area contributed by atoms with E-state index in [1.54, 1.807) is 7.11 Å². The summed E-state index contributed by atoms with van der Waals surface area (Å²) in [4.78, 5) is 8.44. The number of hydrogen-bond acceptors (Lipinski definition) is 6. The van der Waals surface area contributed by atoms with E-state index in [1.165, 1.54) is 6.33 Å². The predicted molar refractivity (Wildman–Crippen MR) is 106 cm³/mol. The Morgan fingerprint density at radius 2 is 1.62 bits per heavy atom. The maximum absolute atomic E-state index is 6.19. The van der Waals surface area contributed by atoms with Gasteiger partial charge < -0.3 is 21.1 Å². The van der Waals surface area contributed by atoms with Gasteiger partial charge in [0.25, 0.3) is 0 Å². The molecule has 3 aromatic rings. The van der Waals surface area contributed by atoms with Crippen molar-refractivity contribution in [3.8, 4) is 5.75 Å². The summed E-state index contributed by atoms with van der Waals surface area (Å²) in [7, 11) is 1.64. The summed E-state index contributed by atoms with van der Waals surface area (Å²) >= 11 is 6.18. The van der Waals surface area contributed by atoms with E-state index in [0.29, 0.717) is 35.4 Å². The first-order valence-electron chi connectivity index (χ1n) is 8.12. The van der Waals surface area contributed by atoms with Gasteiger partial charge in [-0.15, -0.1) is 0 Å². The van der Waals surface area contributed by atoms with Crippen molar-refractivity contribution in [2.24, 2.45) is 0 Å². The van der Waals surface area contributed by atoms with E-state index < -0.39 is 0 Å². The van der Waals surface area contributed by atoms with Gasteiger partial charge in [0.15, 0.2) is 11.6 Å². The van der Waals surface area contributed by atoms with Crippen LogP contribution in [0.1, 0.15) is 11.1 Å². The maximum atomic E-state index is 6.19. The molecule has 0 atom stereocenters. The van der Waals surface area contributed by atoms with E-state index in [4.69, 9.17) is 22.1 Å². The average Bonchev–Trinajstić information content (AvgIpc) is 2.68. The minimum Gasteiger partial charge on any atom is -0.497 e. The Kier molecular flexibility index (Phi) is 5.76. The number of nitrogens with one attached hydrogen (secondary N) is 2. The van der Waals surface area contributed by atoms with Crippen molar-refractivity contribution in [1.29, 1.82) is 0 Å². The molecule has 0 aliphatic heterocycles. The van der Waals surface area contributed by atoms with Crippen LogP contribution in [-0.4, -0.2) is 17.1 Å². The first-order chi connectivity index (χ1) is 12.7. The molecule has 0 saturated heterocycles. The van der Waals surface area contributed by atoms with Gasteiger partial charge in [0.1, 0.15) is 17.8 Å². The van der Waals surface area contributed by atoms with Crippen LogP contribution < -0.4 is 21.1 Å². The number of aromatic nitrogens is 2. The van der Waals surface area contributed by atoms with Gasteiger partial charge in [0, 0.05) is 18.1 Å². The van der Waals surface area contributed by atoms with Crippen LogP contribution in [0.25, 0.3) is 0 Å². The van der Waals surface area contributed by atoms with E-state index in [-0.39, 0.29) is 0 Å². The number of ether oxygens (including phenoxy) is 1. The van der Waals surface area contributed by atoms with Crippen LogP contribution in [-0.2, 0) is 13.1 Å². The molecule has 1 aromatic heterocycles. The fraction of sp³-hybridized carbons (Fsp3) is 0.158. The summed E-state index contributed by atoms with van der Waals surface area (Å²) in [6.45, 7) is 1.12. The molecule has 1 heterocycles. The van der Waals surface area contributed by atoms with Crippen LogP contribution in [0.4, 0.5) is 17.3 Å². The number of benzene rings is 2. The average molecular weight is 370 g/mol. The van der Waals surface area contributed by atoms with Crippen LogP contribution in [0, 0.1) is 0 Å². The second-order valence-electron chi connectivity index (χ2n) is 5.63. The molecule has 26 heavy (non-hydrogen) atoms. The van der Waals surface area contributed by atoms with E-state index in [2.05, 4.69) is 20.6 Å². The van der Waals surface area contributed by atoms with Crippen LogP contribution in [0.2, 0.25) is 5.02 Å². The summed E-state index contributed by atoms with van der Waals surface area (Å²) < 4.78 is 5.16. The van der Waals surface area contributed by atoms with Gasteiger partial charge >= 0.3 is 0 Å². The third kappa shape index (κ3) is 4.34. The molecule has 6 nitrogen and oxygen atoms in total. The quantitative estimate of drug-likeness (QED) is 0.584. The summed E-state index contributed by atoms with van der Waals surface area (Å²) in [5, 5.41) is 7.14. The van der Waals surface area contributed by atoms with Crippen LogP contribution in [0.15, 0.2) is 54.9 Å². The first-order valence-corrected chi connectivity index (χ1v) is 8.49. The highest BCUT2D eigenvalue weighted by Gasteiger charge is 2.08. The van der Waals surface area contributed by atoms with Crippen molar-refractivity contribution in [3.63, 3.8) is 0 Å². The Morgan fingerprint density at radius 1 is 0.962 bits per heavy atom. The molecular formula is C19H20ClN5O. The first kappa shape index (κ1) is 17.8. The van der Waals surface area contributed by atoms with Crippen LogP contribution in [0.5, 0.6) is 5.75 Å². The normalized spacial score (nSPS) is 10.4. The molecule has 0 radical (unpaired) electrons. The maximum Gasteiger partial charge on any atom is 0.155 e. The highest BCUT2D eigenvalue weighted by molar-refractivity contribution is 6.31. The standard InChI is InChI=1S/C19H20ClN5O/c1-26-15-8-6-13(7-9-15)10-22-18-17(21)19(25-12-24-18)23-11-14-4-2-3-5-16(14)20/h2-9,12H,10-11,21H2,1H3,(H2,22,23,24,25). The smallest absolute Gasteiger partial charge is 0.155 e. The molecule has 0 aliphatic carbocycles. The van der Waals surface area contributed by atoms with Crippen molar-refractivity contribution < 1.29 is 4.74 Å². The minimum absolute atomic E-state index is 0.466. The number of nitrogens with zero attached hydrogens (tertiary/aromatic N) is 2. The van der Waals surface area contributed by atoms with Gasteiger partial charge in [-0.2, -0.15) is 0 Å². The Hall–Kier alpha value is -2.99. The fourth-order valence-corrected chi connectivity index (χ4v) is 2.63. The third-order valence-corrected chi connectivity index (χ3v) is 4.28. The second-order valence-corrected chi connectivity index (χ2v) is 6.04. The Labute approximate surface area is 157 Å². The molecule has 0 aliphatic rings. The largest absolute Gasteiger partial charge is 0.497 e. The molecule has 2 aromatic carbocycles. The molecule has 4 N–H and O–H groups in total. The number of halogens is 1. The number of rotatable bonds is 7. The molecule has 3 rings (SSSR count). The van der Waals surface area contributed by atoms with Crippen molar-refractivity contribution in [2.75, 3.05) is 23.5 Å². The second kappa shape index (κ2) is 8.40. The van der Waals surface area contributed by atoms with E-state index >= 15 is 0 Å². The molecule has 0 fully saturated rings. The lowest BCUT2D eigenvalue weighted by Crippen LogP contribution is -2.10. The zero-order valence-electron chi connectivity index (χ0n) is 14.4. The lowest BCUT2D eigenvalue weighted by Gasteiger charge is -2.13. The number of anilines is 3. The molecule has 0 amide bonds. The summed E-state index contributed by atoms with van der Waals surface area (Å²) in [6.07, 6.45) is 1.47. The van der Waals surface area contributed by atoms with Crippen molar-refractivity contribution >= 4 is 28.9 Å². The lowest BCUT2D eigenvalue weighted by molar-refractivity contribution is 0.414.